The minimum absolute atomic E-state index is 0.00743. The Bertz CT molecular complexity index is 960. The molecule has 0 spiro atoms. The molecule has 0 saturated carbocycles. The van der Waals surface area contributed by atoms with E-state index in [1.807, 2.05) is 31.2 Å². The van der Waals surface area contributed by atoms with E-state index in [-0.39, 0.29) is 6.54 Å². The van der Waals surface area contributed by atoms with Crippen LogP contribution in [0.3, 0.4) is 0 Å². The molecule has 3 heterocycles. The summed E-state index contributed by atoms with van der Waals surface area (Å²) in [4.78, 5) is 26.6. The van der Waals surface area contributed by atoms with Gasteiger partial charge in [-0.05, 0) is 35.9 Å². The van der Waals surface area contributed by atoms with E-state index in [2.05, 4.69) is 20.8 Å². The van der Waals surface area contributed by atoms with E-state index < -0.39 is 17.5 Å². The van der Waals surface area contributed by atoms with Crippen LogP contribution in [0.5, 0.6) is 0 Å². The number of nitrogens with zero attached hydrogens (tertiary/aromatic N) is 5. The van der Waals surface area contributed by atoms with Crippen molar-refractivity contribution in [1.29, 1.82) is 0 Å². The number of carbonyl (C=O) groups is 2. The molecule has 1 fully saturated rings. The van der Waals surface area contributed by atoms with Crippen molar-refractivity contribution < 1.29 is 14.0 Å². The first-order valence-electron chi connectivity index (χ1n) is 8.41. The summed E-state index contributed by atoms with van der Waals surface area (Å²) in [6, 6.07) is 8.73. The van der Waals surface area contributed by atoms with Crippen molar-refractivity contribution in [3.8, 4) is 0 Å². The Morgan fingerprint density at radius 1 is 1.27 bits per heavy atom. The van der Waals surface area contributed by atoms with E-state index in [0.29, 0.717) is 23.7 Å². The average Bonchev–Trinajstić information content (AvgIpc) is 3.30. The van der Waals surface area contributed by atoms with Gasteiger partial charge in [0, 0.05) is 11.9 Å². The Kier molecular flexibility index (Phi) is 3.71. The fraction of sp³-hybridized carbons (Fsp3) is 0.353. The lowest BCUT2D eigenvalue weighted by atomic mass is 9.99. The number of amides is 3. The highest BCUT2D eigenvalue weighted by Crippen LogP contribution is 2.33. The molecule has 1 atom stereocenters. The summed E-state index contributed by atoms with van der Waals surface area (Å²) >= 11 is 0. The van der Waals surface area contributed by atoms with Crippen molar-refractivity contribution in [3.05, 3.63) is 41.9 Å². The second-order valence-corrected chi connectivity index (χ2v) is 6.41. The molecule has 26 heavy (non-hydrogen) atoms. The van der Waals surface area contributed by atoms with Gasteiger partial charge in [0.1, 0.15) is 11.3 Å². The summed E-state index contributed by atoms with van der Waals surface area (Å²) in [5, 5.41) is 15.1. The molecule has 1 aliphatic heterocycles. The van der Waals surface area contributed by atoms with Gasteiger partial charge in [-0.1, -0.05) is 25.1 Å². The number of hydrogen-bond donors (Lipinski definition) is 1. The SMILES string of the molecule is CCCn1nnnc1CN1C(=O)N[C@@](C)(c2cc3ccccc3o2)C1=O. The van der Waals surface area contributed by atoms with Crippen LogP contribution in [0.4, 0.5) is 4.79 Å². The zero-order valence-electron chi connectivity index (χ0n) is 14.5. The van der Waals surface area contributed by atoms with Crippen molar-refractivity contribution in [3.63, 3.8) is 0 Å². The highest BCUT2D eigenvalue weighted by Gasteiger charge is 2.51. The minimum atomic E-state index is -1.26. The molecule has 2 aromatic heterocycles. The molecule has 1 N–H and O–H groups in total. The van der Waals surface area contributed by atoms with Crippen LogP contribution in [-0.2, 0) is 23.4 Å². The first-order chi connectivity index (χ1) is 12.5. The molecule has 9 heteroatoms. The number of benzene rings is 1. The topological polar surface area (TPSA) is 106 Å². The Balaban J connectivity index is 1.64. The van der Waals surface area contributed by atoms with E-state index in [1.165, 1.54) is 0 Å². The molecule has 0 aliphatic carbocycles. The van der Waals surface area contributed by atoms with Crippen LogP contribution in [-0.4, -0.2) is 37.0 Å². The highest BCUT2D eigenvalue weighted by molar-refractivity contribution is 6.07. The molecule has 4 rings (SSSR count). The summed E-state index contributed by atoms with van der Waals surface area (Å²) in [5.74, 6) is 0.463. The van der Waals surface area contributed by atoms with Crippen LogP contribution in [0.1, 0.15) is 31.9 Å². The zero-order chi connectivity index (χ0) is 18.3. The average molecular weight is 354 g/mol. The van der Waals surface area contributed by atoms with Gasteiger partial charge >= 0.3 is 6.03 Å². The fourth-order valence-electron chi connectivity index (χ4n) is 3.10. The minimum Gasteiger partial charge on any atom is -0.458 e. The van der Waals surface area contributed by atoms with Gasteiger partial charge in [-0.2, -0.15) is 0 Å². The van der Waals surface area contributed by atoms with Gasteiger partial charge in [0.05, 0.1) is 6.54 Å². The molecule has 0 bridgehead atoms. The number of furan rings is 1. The van der Waals surface area contributed by atoms with Crippen molar-refractivity contribution in [2.45, 2.75) is 38.9 Å². The number of fused-ring (bicyclic) bond motifs is 1. The molecule has 0 unspecified atom stereocenters. The van der Waals surface area contributed by atoms with Crippen LogP contribution in [0.2, 0.25) is 0 Å². The van der Waals surface area contributed by atoms with Gasteiger partial charge in [-0.25, -0.2) is 9.48 Å². The van der Waals surface area contributed by atoms with Gasteiger partial charge in [0.15, 0.2) is 11.4 Å². The van der Waals surface area contributed by atoms with Crippen molar-refractivity contribution in [2.24, 2.45) is 0 Å². The monoisotopic (exact) mass is 354 g/mol. The number of aromatic nitrogens is 4. The Morgan fingerprint density at radius 3 is 2.85 bits per heavy atom. The van der Waals surface area contributed by atoms with Crippen molar-refractivity contribution in [2.75, 3.05) is 0 Å². The molecular weight excluding hydrogens is 336 g/mol. The largest absolute Gasteiger partial charge is 0.458 e. The second kappa shape index (κ2) is 5.94. The smallest absolute Gasteiger partial charge is 0.325 e. The van der Waals surface area contributed by atoms with Crippen LogP contribution in [0, 0.1) is 0 Å². The number of nitrogens with one attached hydrogen (secondary N) is 1. The third-order valence-corrected chi connectivity index (χ3v) is 4.53. The number of imide groups is 1. The maximum Gasteiger partial charge on any atom is 0.325 e. The van der Waals surface area contributed by atoms with Crippen molar-refractivity contribution >= 4 is 22.9 Å². The number of aryl methyl sites for hydroxylation is 1. The molecule has 3 aromatic rings. The number of para-hydroxylation sites is 1. The number of carbonyl (C=O) groups excluding carboxylic acids is 2. The summed E-state index contributed by atoms with van der Waals surface area (Å²) in [5.41, 5.74) is -0.602. The quantitative estimate of drug-likeness (QED) is 0.700. The second-order valence-electron chi connectivity index (χ2n) is 6.41. The first kappa shape index (κ1) is 16.2. The predicted molar refractivity (Wildman–Crippen MR) is 90.8 cm³/mol. The first-order valence-corrected chi connectivity index (χ1v) is 8.41. The third kappa shape index (κ3) is 2.43. The standard InChI is InChI=1S/C17H18N6O3/c1-3-8-23-14(19-20-21-23)10-22-15(24)17(2,18-16(22)25)13-9-11-6-4-5-7-12(11)26-13/h4-7,9H,3,8,10H2,1-2H3,(H,18,25)/t17-/m0/s1. The van der Waals surface area contributed by atoms with Crippen molar-refractivity contribution in [1.82, 2.24) is 30.4 Å². The number of tetrazole rings is 1. The van der Waals surface area contributed by atoms with Crippen LogP contribution in [0.25, 0.3) is 11.0 Å². The fourth-order valence-corrected chi connectivity index (χ4v) is 3.10. The Morgan fingerprint density at radius 2 is 2.08 bits per heavy atom. The van der Waals surface area contributed by atoms with Gasteiger partial charge in [0.25, 0.3) is 5.91 Å². The van der Waals surface area contributed by atoms with Crippen LogP contribution >= 0.6 is 0 Å². The summed E-state index contributed by atoms with van der Waals surface area (Å²) in [7, 11) is 0. The van der Waals surface area contributed by atoms with E-state index in [0.717, 1.165) is 16.7 Å². The summed E-state index contributed by atoms with van der Waals surface area (Å²) < 4.78 is 7.41. The van der Waals surface area contributed by atoms with Gasteiger partial charge in [-0.15, -0.1) is 5.10 Å². The Labute approximate surface area is 148 Å². The number of urea groups is 1. The Hall–Kier alpha value is -3.23. The lowest BCUT2D eigenvalue weighted by molar-refractivity contribution is -0.132. The molecule has 9 nitrogen and oxygen atoms in total. The molecule has 1 aromatic carbocycles. The summed E-state index contributed by atoms with van der Waals surface area (Å²) in [6.07, 6.45) is 0.842. The van der Waals surface area contributed by atoms with Gasteiger partial charge in [-0.3, -0.25) is 9.69 Å². The molecular formula is C17H18N6O3. The number of hydrogen-bond acceptors (Lipinski definition) is 6. The highest BCUT2D eigenvalue weighted by atomic mass is 16.3. The van der Waals surface area contributed by atoms with Gasteiger partial charge in [0.2, 0.25) is 0 Å². The lowest BCUT2D eigenvalue weighted by Gasteiger charge is -2.18. The maximum absolute atomic E-state index is 13.0. The molecule has 1 saturated heterocycles. The van der Waals surface area contributed by atoms with E-state index in [1.54, 1.807) is 17.7 Å². The number of rotatable bonds is 5. The third-order valence-electron chi connectivity index (χ3n) is 4.53. The van der Waals surface area contributed by atoms with Crippen LogP contribution < -0.4 is 5.32 Å². The molecule has 1 aliphatic rings. The van der Waals surface area contributed by atoms with Crippen LogP contribution in [0.15, 0.2) is 34.7 Å². The van der Waals surface area contributed by atoms with Gasteiger partial charge < -0.3 is 9.73 Å². The zero-order valence-corrected chi connectivity index (χ0v) is 14.5. The van der Waals surface area contributed by atoms with E-state index in [4.69, 9.17) is 4.42 Å². The summed E-state index contributed by atoms with van der Waals surface area (Å²) in [6.45, 7) is 4.26. The molecule has 0 radical (unpaired) electrons. The lowest BCUT2D eigenvalue weighted by Crippen LogP contribution is -2.40. The van der Waals surface area contributed by atoms with E-state index in [9.17, 15) is 9.59 Å². The molecule has 134 valence electrons. The predicted octanol–water partition coefficient (Wildman–Crippen LogP) is 1.80. The maximum atomic E-state index is 13.0. The normalized spacial score (nSPS) is 20.2. The van der Waals surface area contributed by atoms with E-state index >= 15 is 0 Å². The molecule has 3 amide bonds.